The van der Waals surface area contributed by atoms with E-state index in [2.05, 4.69) is 0 Å². The Kier molecular flexibility index (Phi) is 3.46. The van der Waals surface area contributed by atoms with Crippen molar-refractivity contribution < 1.29 is 19.4 Å². The summed E-state index contributed by atoms with van der Waals surface area (Å²) < 4.78 is 5.28. The van der Waals surface area contributed by atoms with Crippen LogP contribution in [0.1, 0.15) is 24.8 Å². The zero-order valence-corrected chi connectivity index (χ0v) is 11.2. The molecule has 5 nitrogen and oxygen atoms in total. The Morgan fingerprint density at radius 3 is 2.68 bits per heavy atom. The zero-order valence-electron chi connectivity index (χ0n) is 11.2. The maximum absolute atomic E-state index is 11.9. The third-order valence-corrected chi connectivity index (χ3v) is 3.52. The van der Waals surface area contributed by atoms with E-state index in [4.69, 9.17) is 9.84 Å². The molecular weight excluding hydrogens is 246 g/mol. The Hall–Kier alpha value is -2.04. The highest BCUT2D eigenvalue weighted by Crippen LogP contribution is 2.40. The van der Waals surface area contributed by atoms with Crippen molar-refractivity contribution in [2.24, 2.45) is 5.92 Å². The number of carbonyl (C=O) groups excluding carboxylic acids is 1. The number of carbonyl (C=O) groups is 2. The number of carboxylic acid groups (broad SMARTS) is 1. The van der Waals surface area contributed by atoms with Crippen LogP contribution in [0.3, 0.4) is 0 Å². The van der Waals surface area contributed by atoms with Crippen LogP contribution in [0.15, 0.2) is 18.2 Å². The fraction of sp³-hybridized carbons (Fsp3) is 0.429. The highest BCUT2D eigenvalue weighted by Gasteiger charge is 2.36. The van der Waals surface area contributed by atoms with Gasteiger partial charge in [-0.15, -0.1) is 0 Å². The molecule has 19 heavy (non-hydrogen) atoms. The number of carboxylic acids is 1. The van der Waals surface area contributed by atoms with E-state index in [1.165, 1.54) is 0 Å². The molecule has 2 unspecified atom stereocenters. The van der Waals surface area contributed by atoms with Crippen LogP contribution in [-0.4, -0.2) is 31.1 Å². The average Bonchev–Trinajstić information content (AvgIpc) is 2.33. The molecule has 2 atom stereocenters. The summed E-state index contributed by atoms with van der Waals surface area (Å²) in [6.45, 7) is 1.86. The van der Waals surface area contributed by atoms with Gasteiger partial charge in [-0.25, -0.2) is 0 Å². The van der Waals surface area contributed by atoms with Crippen LogP contribution < -0.4 is 9.64 Å². The number of anilines is 1. The van der Waals surface area contributed by atoms with Crippen molar-refractivity contribution in [1.29, 1.82) is 0 Å². The number of hydrogen-bond acceptors (Lipinski definition) is 4. The van der Waals surface area contributed by atoms with Gasteiger partial charge in [0.05, 0.1) is 12.3 Å². The molecule has 0 aromatic heterocycles. The van der Waals surface area contributed by atoms with E-state index in [1.807, 2.05) is 38.1 Å². The largest absolute Gasteiger partial charge is 0.481 e. The minimum absolute atomic E-state index is 0.149. The number of aliphatic carboxylic acids is 1. The summed E-state index contributed by atoms with van der Waals surface area (Å²) in [5, 5.41) is 8.85. The normalized spacial score (nSPS) is 21.5. The van der Waals surface area contributed by atoms with Crippen LogP contribution in [0.5, 0.6) is 5.75 Å². The zero-order chi connectivity index (χ0) is 14.2. The summed E-state index contributed by atoms with van der Waals surface area (Å²) >= 11 is 0. The van der Waals surface area contributed by atoms with Gasteiger partial charge in [-0.2, -0.15) is 0 Å². The second kappa shape index (κ2) is 4.91. The van der Waals surface area contributed by atoms with Crippen molar-refractivity contribution in [3.63, 3.8) is 0 Å². The molecule has 0 saturated heterocycles. The lowest BCUT2D eigenvalue weighted by atomic mass is 9.83. The van der Waals surface area contributed by atoms with E-state index >= 15 is 0 Å². The molecule has 1 aromatic rings. The minimum atomic E-state index is -0.984. The molecule has 1 aromatic carbocycles. The van der Waals surface area contributed by atoms with Gasteiger partial charge in [0.25, 0.3) is 0 Å². The fourth-order valence-electron chi connectivity index (χ4n) is 2.32. The average molecular weight is 263 g/mol. The molecule has 102 valence electrons. The number of fused-ring (bicyclic) bond motifs is 1. The third kappa shape index (κ3) is 2.54. The van der Waals surface area contributed by atoms with Gasteiger partial charge in [-0.1, -0.05) is 13.0 Å². The third-order valence-electron chi connectivity index (χ3n) is 3.52. The first-order valence-electron chi connectivity index (χ1n) is 6.15. The van der Waals surface area contributed by atoms with Gasteiger partial charge in [0.15, 0.2) is 0 Å². The first-order chi connectivity index (χ1) is 8.90. The van der Waals surface area contributed by atoms with E-state index in [-0.39, 0.29) is 12.3 Å². The Morgan fingerprint density at radius 2 is 2.11 bits per heavy atom. The molecule has 5 heteroatoms. The molecule has 0 spiro atoms. The van der Waals surface area contributed by atoms with Crippen LogP contribution in [-0.2, 0) is 9.59 Å². The van der Waals surface area contributed by atoms with Crippen molar-refractivity contribution in [2.75, 3.05) is 19.0 Å². The lowest BCUT2D eigenvalue weighted by molar-refractivity contribution is -0.148. The van der Waals surface area contributed by atoms with Crippen LogP contribution >= 0.6 is 0 Å². The molecule has 1 aliphatic rings. The highest BCUT2D eigenvalue weighted by atomic mass is 16.5. The summed E-state index contributed by atoms with van der Waals surface area (Å²) in [7, 11) is 3.81. The van der Waals surface area contributed by atoms with Gasteiger partial charge >= 0.3 is 11.9 Å². The number of rotatable bonds is 3. The van der Waals surface area contributed by atoms with Crippen molar-refractivity contribution in [3.8, 4) is 5.75 Å². The van der Waals surface area contributed by atoms with Crippen molar-refractivity contribution in [2.45, 2.75) is 19.3 Å². The van der Waals surface area contributed by atoms with Crippen LogP contribution in [0, 0.1) is 5.92 Å². The van der Waals surface area contributed by atoms with E-state index in [9.17, 15) is 9.59 Å². The number of esters is 1. The standard InChI is InChI=1S/C14H17NO4/c1-8-10-5-4-9(15(2)3)6-12(10)19-14(18)11(8)7-13(16)17/h4-6,8,11H,7H2,1-3H3,(H,16,17). The van der Waals surface area contributed by atoms with Crippen molar-refractivity contribution in [3.05, 3.63) is 23.8 Å². The summed E-state index contributed by atoms with van der Waals surface area (Å²) in [5.41, 5.74) is 1.83. The topological polar surface area (TPSA) is 66.8 Å². The van der Waals surface area contributed by atoms with Crippen LogP contribution in [0.25, 0.3) is 0 Å². The summed E-state index contributed by atoms with van der Waals surface area (Å²) in [6, 6.07) is 5.64. The number of benzene rings is 1. The molecule has 0 amide bonds. The van der Waals surface area contributed by atoms with E-state index in [0.717, 1.165) is 11.3 Å². The van der Waals surface area contributed by atoms with Gasteiger partial charge in [0.2, 0.25) is 0 Å². The summed E-state index contributed by atoms with van der Waals surface area (Å²) in [5.74, 6) is -1.68. The molecule has 0 aliphatic carbocycles. The molecule has 2 rings (SSSR count). The molecule has 0 saturated carbocycles. The lowest BCUT2D eigenvalue weighted by Gasteiger charge is -2.29. The van der Waals surface area contributed by atoms with Gasteiger partial charge < -0.3 is 14.7 Å². The van der Waals surface area contributed by atoms with E-state index < -0.39 is 17.9 Å². The quantitative estimate of drug-likeness (QED) is 0.666. The predicted octanol–water partition coefficient (Wildman–Crippen LogP) is 1.87. The maximum Gasteiger partial charge on any atom is 0.315 e. The fourth-order valence-corrected chi connectivity index (χ4v) is 2.32. The Bertz CT molecular complexity index is 524. The van der Waals surface area contributed by atoms with E-state index in [1.54, 1.807) is 6.07 Å². The smallest absolute Gasteiger partial charge is 0.315 e. The van der Waals surface area contributed by atoms with Crippen molar-refractivity contribution >= 4 is 17.6 Å². The first-order valence-corrected chi connectivity index (χ1v) is 6.15. The number of hydrogen-bond donors (Lipinski definition) is 1. The number of nitrogens with zero attached hydrogens (tertiary/aromatic N) is 1. The monoisotopic (exact) mass is 263 g/mol. The molecule has 0 fully saturated rings. The SMILES string of the molecule is CC1c2ccc(N(C)C)cc2OC(=O)C1CC(=O)O. The summed E-state index contributed by atoms with van der Waals surface area (Å²) in [4.78, 5) is 24.6. The highest BCUT2D eigenvalue weighted by molar-refractivity contribution is 5.84. The molecule has 0 bridgehead atoms. The first kappa shape index (κ1) is 13.4. The van der Waals surface area contributed by atoms with Crippen LogP contribution in [0.4, 0.5) is 5.69 Å². The Labute approximate surface area is 111 Å². The molecule has 1 N–H and O–H groups in total. The predicted molar refractivity (Wildman–Crippen MR) is 70.6 cm³/mol. The van der Waals surface area contributed by atoms with E-state index in [0.29, 0.717) is 5.75 Å². The van der Waals surface area contributed by atoms with Crippen LogP contribution in [0.2, 0.25) is 0 Å². The second-order valence-electron chi connectivity index (χ2n) is 5.03. The van der Waals surface area contributed by atoms with Gasteiger partial charge in [0, 0.05) is 25.8 Å². The maximum atomic E-state index is 11.9. The molecule has 0 radical (unpaired) electrons. The van der Waals surface area contributed by atoms with Crippen molar-refractivity contribution in [1.82, 2.24) is 0 Å². The molecular formula is C14H17NO4. The molecule has 1 aliphatic heterocycles. The van der Waals surface area contributed by atoms with Gasteiger partial charge in [-0.3, -0.25) is 9.59 Å². The Morgan fingerprint density at radius 1 is 1.42 bits per heavy atom. The number of ether oxygens (including phenoxy) is 1. The minimum Gasteiger partial charge on any atom is -0.481 e. The van der Waals surface area contributed by atoms with Gasteiger partial charge in [0.1, 0.15) is 5.75 Å². The van der Waals surface area contributed by atoms with Gasteiger partial charge in [-0.05, 0) is 17.5 Å². The second-order valence-corrected chi connectivity index (χ2v) is 5.03. The molecule has 1 heterocycles. The lowest BCUT2D eigenvalue weighted by Crippen LogP contribution is -2.32. The Balaban J connectivity index is 2.36. The summed E-state index contributed by atoms with van der Waals surface area (Å²) in [6.07, 6.45) is -0.200.